The zero-order chi connectivity index (χ0) is 27.2. The second-order valence-electron chi connectivity index (χ2n) is 8.75. The molecule has 0 atom stereocenters. The number of carbonyl (C=O) groups excluding carboxylic acids is 1. The van der Waals surface area contributed by atoms with Gasteiger partial charge in [-0.05, 0) is 24.3 Å². The zero-order valence-corrected chi connectivity index (χ0v) is 21.0. The van der Waals surface area contributed by atoms with Crippen LogP contribution < -0.4 is 21.3 Å². The number of hydrazine groups is 1. The number of halogens is 3. The van der Waals surface area contributed by atoms with E-state index in [0.29, 0.717) is 45.0 Å². The van der Waals surface area contributed by atoms with Gasteiger partial charge in [0.05, 0.1) is 23.5 Å². The largest absolute Gasteiger partial charge is 0.492 e. The minimum absolute atomic E-state index is 0.0353. The lowest BCUT2D eigenvalue weighted by atomic mass is 10.0. The Labute approximate surface area is 213 Å². The molecular weight excluding hydrogens is 489 g/mol. The predicted molar refractivity (Wildman–Crippen MR) is 134 cm³/mol. The van der Waals surface area contributed by atoms with Gasteiger partial charge in [-0.3, -0.25) is 20.4 Å². The summed E-state index contributed by atoms with van der Waals surface area (Å²) in [5, 5.41) is 12.2. The summed E-state index contributed by atoms with van der Waals surface area (Å²) >= 11 is 0. The van der Waals surface area contributed by atoms with Gasteiger partial charge in [0.2, 0.25) is 5.91 Å². The van der Waals surface area contributed by atoms with Crippen molar-refractivity contribution in [3.05, 3.63) is 35.5 Å². The van der Waals surface area contributed by atoms with E-state index in [1.165, 1.54) is 18.2 Å². The van der Waals surface area contributed by atoms with Crippen molar-refractivity contribution >= 4 is 17.3 Å². The highest BCUT2D eigenvalue weighted by Crippen LogP contribution is 2.39. The molecule has 1 aromatic heterocycles. The summed E-state index contributed by atoms with van der Waals surface area (Å²) in [6.07, 6.45) is -4.65. The van der Waals surface area contributed by atoms with Crippen molar-refractivity contribution in [2.24, 2.45) is 5.84 Å². The number of hydrogen-bond donors (Lipinski definition) is 3. The topological polar surface area (TPSA) is 123 Å². The fraction of sp³-hybridized carbons (Fsp3) is 0.458. The number of ether oxygens (including phenoxy) is 1. The number of piperazine rings is 1. The molecule has 1 fully saturated rings. The van der Waals surface area contributed by atoms with Gasteiger partial charge in [0.25, 0.3) is 0 Å². The molecule has 0 bridgehead atoms. The van der Waals surface area contributed by atoms with Crippen LogP contribution in [0.4, 0.5) is 24.5 Å². The first-order valence-corrected chi connectivity index (χ1v) is 11.7. The Hall–Kier alpha value is -3.60. The van der Waals surface area contributed by atoms with Crippen molar-refractivity contribution in [1.29, 1.82) is 5.26 Å². The minimum atomic E-state index is -4.65. The van der Waals surface area contributed by atoms with Gasteiger partial charge in [0, 0.05) is 59.4 Å². The Kier molecular flexibility index (Phi) is 9.14. The number of anilines is 2. The number of nitrogens with zero attached hydrogens (tertiary/aromatic N) is 5. The van der Waals surface area contributed by atoms with E-state index in [4.69, 9.17) is 10.6 Å². The average Bonchev–Trinajstić information content (AvgIpc) is 2.88. The third kappa shape index (κ3) is 7.00. The summed E-state index contributed by atoms with van der Waals surface area (Å²) in [5.74, 6) is 5.22. The normalized spacial score (nSPS) is 14.6. The summed E-state index contributed by atoms with van der Waals surface area (Å²) in [7, 11) is 5.03. The van der Waals surface area contributed by atoms with E-state index in [2.05, 4.69) is 25.5 Å². The fourth-order valence-corrected chi connectivity index (χ4v) is 3.94. The van der Waals surface area contributed by atoms with Crippen molar-refractivity contribution in [2.45, 2.75) is 6.18 Å². The highest BCUT2D eigenvalue weighted by molar-refractivity contribution is 5.79. The van der Waals surface area contributed by atoms with Crippen molar-refractivity contribution in [3.63, 3.8) is 0 Å². The smallest absolute Gasteiger partial charge is 0.419 e. The first kappa shape index (κ1) is 28.0. The van der Waals surface area contributed by atoms with E-state index in [1.807, 2.05) is 6.07 Å². The Morgan fingerprint density at radius 1 is 1.22 bits per heavy atom. The van der Waals surface area contributed by atoms with Crippen LogP contribution in [0.25, 0.3) is 11.3 Å². The van der Waals surface area contributed by atoms with Gasteiger partial charge in [-0.2, -0.15) is 18.4 Å². The number of benzene rings is 1. The Bertz CT molecular complexity index is 1140. The minimum Gasteiger partial charge on any atom is -0.492 e. The third-order valence-electron chi connectivity index (χ3n) is 6.11. The van der Waals surface area contributed by atoms with Gasteiger partial charge in [0.1, 0.15) is 24.1 Å². The monoisotopic (exact) mass is 520 g/mol. The number of aromatic nitrogens is 1. The van der Waals surface area contributed by atoms with Gasteiger partial charge < -0.3 is 20.4 Å². The second-order valence-corrected chi connectivity index (χ2v) is 8.75. The summed E-state index contributed by atoms with van der Waals surface area (Å²) in [6.45, 7) is 3.69. The Morgan fingerprint density at radius 2 is 1.89 bits per heavy atom. The molecule has 2 heterocycles. The van der Waals surface area contributed by atoms with Crippen LogP contribution in [-0.4, -0.2) is 92.6 Å². The van der Waals surface area contributed by atoms with Gasteiger partial charge >= 0.3 is 6.18 Å². The molecule has 37 heavy (non-hydrogen) atoms. The maximum atomic E-state index is 13.9. The quantitative estimate of drug-likeness (QED) is 0.337. The van der Waals surface area contributed by atoms with E-state index in [0.717, 1.165) is 6.07 Å². The van der Waals surface area contributed by atoms with Gasteiger partial charge in [-0.15, -0.1) is 0 Å². The van der Waals surface area contributed by atoms with Crippen molar-refractivity contribution in [1.82, 2.24) is 19.7 Å². The molecule has 1 aliphatic heterocycles. The van der Waals surface area contributed by atoms with Crippen LogP contribution in [-0.2, 0) is 11.0 Å². The molecule has 3 rings (SSSR count). The van der Waals surface area contributed by atoms with Crippen LogP contribution in [0, 0.1) is 11.3 Å². The molecule has 13 heteroatoms. The van der Waals surface area contributed by atoms with Crippen molar-refractivity contribution < 1.29 is 22.7 Å². The molecule has 4 N–H and O–H groups in total. The van der Waals surface area contributed by atoms with E-state index in [-0.39, 0.29) is 40.9 Å². The highest BCUT2D eigenvalue weighted by atomic mass is 19.4. The standard InChI is InChI=1S/C24H31F3N8O2/c1-30-19-13-18(31-20(14-28)23(19)32-29)16-4-5-21(17(12-16)24(25,26)27)37-11-10-34-6-8-35(9-7-34)15-22(36)33(2)3/h4-5,12-13,32H,6-11,15,29H2,1-3H3,(H,30,31). The lowest BCUT2D eigenvalue weighted by Gasteiger charge is -2.34. The van der Waals surface area contributed by atoms with E-state index >= 15 is 0 Å². The molecule has 1 aromatic carbocycles. The number of nitrogens with two attached hydrogens (primary N) is 1. The van der Waals surface area contributed by atoms with Crippen LogP contribution in [0.2, 0.25) is 0 Å². The van der Waals surface area contributed by atoms with E-state index < -0.39 is 11.7 Å². The van der Waals surface area contributed by atoms with Gasteiger partial charge in [0.15, 0.2) is 5.69 Å². The summed E-state index contributed by atoms with van der Waals surface area (Å²) in [6, 6.07) is 7.12. The summed E-state index contributed by atoms with van der Waals surface area (Å²) < 4.78 is 47.3. The van der Waals surface area contributed by atoms with Crippen molar-refractivity contribution in [3.8, 4) is 23.1 Å². The lowest BCUT2D eigenvalue weighted by Crippen LogP contribution is -2.50. The van der Waals surface area contributed by atoms with Crippen LogP contribution in [0.15, 0.2) is 24.3 Å². The van der Waals surface area contributed by atoms with Crippen LogP contribution in [0.5, 0.6) is 5.75 Å². The Balaban J connectivity index is 1.69. The molecule has 1 saturated heterocycles. The molecule has 0 saturated carbocycles. The Morgan fingerprint density at radius 3 is 2.46 bits per heavy atom. The van der Waals surface area contributed by atoms with Crippen LogP contribution in [0.3, 0.4) is 0 Å². The average molecular weight is 521 g/mol. The number of carbonyl (C=O) groups is 1. The molecule has 1 aliphatic rings. The van der Waals surface area contributed by atoms with Gasteiger partial charge in [-0.25, -0.2) is 4.98 Å². The number of rotatable bonds is 9. The van der Waals surface area contributed by atoms with Crippen LogP contribution in [0.1, 0.15) is 11.3 Å². The predicted octanol–water partition coefficient (Wildman–Crippen LogP) is 2.05. The SMILES string of the molecule is CNc1cc(-c2ccc(OCCN3CCN(CC(=O)N(C)C)CC3)c(C(F)(F)F)c2)nc(C#N)c1NN. The molecular formula is C24H31F3N8O2. The van der Waals surface area contributed by atoms with Crippen LogP contribution >= 0.6 is 0 Å². The maximum absolute atomic E-state index is 13.9. The molecule has 1 amide bonds. The molecule has 2 aromatic rings. The maximum Gasteiger partial charge on any atom is 0.419 e. The lowest BCUT2D eigenvalue weighted by molar-refractivity contribution is -0.139. The summed E-state index contributed by atoms with van der Waals surface area (Å²) in [4.78, 5) is 21.7. The fourth-order valence-electron chi connectivity index (χ4n) is 3.94. The first-order valence-electron chi connectivity index (χ1n) is 11.7. The summed E-state index contributed by atoms with van der Waals surface area (Å²) in [5.41, 5.74) is 2.43. The molecule has 0 aliphatic carbocycles. The zero-order valence-electron chi connectivity index (χ0n) is 21.0. The number of likely N-dealkylation sites (N-methyl/N-ethyl adjacent to an activating group) is 1. The second kappa shape index (κ2) is 12.1. The molecule has 0 radical (unpaired) electrons. The number of nitrogen functional groups attached to an aromatic ring is 1. The van der Waals surface area contributed by atoms with E-state index in [9.17, 15) is 23.2 Å². The first-order chi connectivity index (χ1) is 17.6. The highest BCUT2D eigenvalue weighted by Gasteiger charge is 2.35. The van der Waals surface area contributed by atoms with Crippen molar-refractivity contribution in [2.75, 3.05) is 77.8 Å². The third-order valence-corrected chi connectivity index (χ3v) is 6.11. The number of pyridine rings is 1. The molecule has 0 unspecified atom stereocenters. The molecule has 10 nitrogen and oxygen atoms in total. The number of amides is 1. The van der Waals surface area contributed by atoms with E-state index in [1.54, 1.807) is 26.0 Å². The van der Waals surface area contributed by atoms with Gasteiger partial charge in [-0.1, -0.05) is 0 Å². The number of nitriles is 1. The number of alkyl halides is 3. The molecule has 200 valence electrons. The number of hydrogen-bond acceptors (Lipinski definition) is 9. The number of nitrogens with one attached hydrogen (secondary N) is 2. The molecule has 0 spiro atoms.